The normalized spacial score (nSPS) is 10.6. The highest BCUT2D eigenvalue weighted by Gasteiger charge is 2.14. The first-order valence-corrected chi connectivity index (χ1v) is 10.5. The number of amides is 1. The van der Waals surface area contributed by atoms with Gasteiger partial charge in [-0.1, -0.05) is 45.4 Å². The van der Waals surface area contributed by atoms with Crippen molar-refractivity contribution < 1.29 is 14.3 Å². The fourth-order valence-corrected chi connectivity index (χ4v) is 3.65. The van der Waals surface area contributed by atoms with Gasteiger partial charge in [-0.3, -0.25) is 4.79 Å². The van der Waals surface area contributed by atoms with Gasteiger partial charge in [-0.15, -0.1) is 10.2 Å². The van der Waals surface area contributed by atoms with Crippen LogP contribution in [0.5, 0.6) is 11.5 Å². The molecule has 0 aliphatic heterocycles. The Hall–Kier alpha value is -2.43. The van der Waals surface area contributed by atoms with Crippen molar-refractivity contribution in [2.45, 2.75) is 11.8 Å². The Morgan fingerprint density at radius 1 is 1.28 bits per heavy atom. The second-order valence-electron chi connectivity index (χ2n) is 5.70. The summed E-state index contributed by atoms with van der Waals surface area (Å²) in [6.45, 7) is 0.123. The van der Waals surface area contributed by atoms with Crippen molar-refractivity contribution in [3.05, 3.63) is 57.8 Å². The predicted octanol–water partition coefficient (Wildman–Crippen LogP) is 3.73. The molecule has 0 saturated carbocycles. The summed E-state index contributed by atoms with van der Waals surface area (Å²) in [5.74, 6) is 7.59. The number of nitrogens with zero attached hydrogens (tertiary/aromatic N) is 3. The first-order valence-electron chi connectivity index (χ1n) is 8.30. The molecule has 0 radical (unpaired) electrons. The van der Waals surface area contributed by atoms with Crippen LogP contribution in [0.15, 0.2) is 52.1 Å². The van der Waals surface area contributed by atoms with Crippen LogP contribution in [0.3, 0.4) is 0 Å². The molecular weight excluding hydrogens is 482 g/mol. The summed E-state index contributed by atoms with van der Waals surface area (Å²) >= 11 is 10.6. The minimum atomic E-state index is -0.239. The number of nitrogens with two attached hydrogens (primary N) is 1. The molecule has 29 heavy (non-hydrogen) atoms. The molecule has 0 aliphatic rings. The number of ether oxygens (including phenoxy) is 2. The molecular formula is C18H17BrClN5O3S. The van der Waals surface area contributed by atoms with E-state index < -0.39 is 0 Å². The van der Waals surface area contributed by atoms with Gasteiger partial charge in [0.1, 0.15) is 18.1 Å². The van der Waals surface area contributed by atoms with Gasteiger partial charge in [0.2, 0.25) is 11.1 Å². The van der Waals surface area contributed by atoms with E-state index in [0.29, 0.717) is 33.2 Å². The van der Waals surface area contributed by atoms with E-state index in [0.717, 1.165) is 16.2 Å². The number of anilines is 1. The summed E-state index contributed by atoms with van der Waals surface area (Å²) in [5, 5.41) is 11.6. The molecule has 3 aromatic rings. The Morgan fingerprint density at radius 2 is 2.07 bits per heavy atom. The first kappa shape index (κ1) is 21.3. The molecule has 1 aromatic heterocycles. The highest BCUT2D eigenvalue weighted by molar-refractivity contribution is 9.10. The van der Waals surface area contributed by atoms with Crippen LogP contribution in [0.25, 0.3) is 0 Å². The first-order chi connectivity index (χ1) is 14.0. The largest absolute Gasteiger partial charge is 0.497 e. The van der Waals surface area contributed by atoms with E-state index >= 15 is 0 Å². The van der Waals surface area contributed by atoms with Gasteiger partial charge in [0.05, 0.1) is 23.6 Å². The van der Waals surface area contributed by atoms with E-state index in [9.17, 15) is 4.79 Å². The number of hydrogen-bond donors (Lipinski definition) is 2. The zero-order valence-electron chi connectivity index (χ0n) is 15.3. The number of nitrogen functional groups attached to an aromatic ring is 1. The Bertz CT molecular complexity index is 1020. The summed E-state index contributed by atoms with van der Waals surface area (Å²) < 4.78 is 12.9. The van der Waals surface area contributed by atoms with Gasteiger partial charge in [-0.25, -0.2) is 4.68 Å². The zero-order chi connectivity index (χ0) is 20.8. The van der Waals surface area contributed by atoms with Gasteiger partial charge in [0, 0.05) is 10.5 Å². The van der Waals surface area contributed by atoms with Gasteiger partial charge in [-0.2, -0.15) is 0 Å². The summed E-state index contributed by atoms with van der Waals surface area (Å²) in [6.07, 6.45) is 0. The van der Waals surface area contributed by atoms with Crippen molar-refractivity contribution in [1.29, 1.82) is 0 Å². The van der Waals surface area contributed by atoms with E-state index in [1.54, 1.807) is 37.4 Å². The standard InChI is InChI=1S/C18H17BrClN5O3S/c1-27-12-3-2-4-13(8-12)28-9-16-23-24-18(25(16)21)29-10-17(26)22-15-6-5-11(19)7-14(15)20/h2-8H,9-10,21H2,1H3,(H,22,26). The monoisotopic (exact) mass is 497 g/mol. The molecule has 11 heteroatoms. The van der Waals surface area contributed by atoms with Crippen molar-refractivity contribution in [3.8, 4) is 11.5 Å². The number of thioether (sulfide) groups is 1. The van der Waals surface area contributed by atoms with E-state index in [4.69, 9.17) is 26.9 Å². The molecule has 0 saturated heterocycles. The number of carbonyl (C=O) groups is 1. The topological polar surface area (TPSA) is 104 Å². The average molecular weight is 499 g/mol. The average Bonchev–Trinajstić information content (AvgIpc) is 3.06. The molecule has 0 atom stereocenters. The van der Waals surface area contributed by atoms with Crippen LogP contribution in [-0.2, 0) is 11.4 Å². The molecule has 0 fully saturated rings. The molecule has 0 unspecified atom stereocenters. The van der Waals surface area contributed by atoms with Crippen molar-refractivity contribution in [1.82, 2.24) is 14.9 Å². The lowest BCUT2D eigenvalue weighted by molar-refractivity contribution is -0.113. The molecule has 0 spiro atoms. The number of methoxy groups -OCH3 is 1. The Kier molecular flexibility index (Phi) is 7.24. The Balaban J connectivity index is 1.54. The second-order valence-corrected chi connectivity index (χ2v) is 7.96. The molecule has 0 bridgehead atoms. The third-order valence-corrected chi connectivity index (χ3v) is 5.43. The molecule has 2 aromatic carbocycles. The van der Waals surface area contributed by atoms with Crippen LogP contribution in [0, 0.1) is 0 Å². The van der Waals surface area contributed by atoms with E-state index in [2.05, 4.69) is 31.4 Å². The smallest absolute Gasteiger partial charge is 0.234 e. The lowest BCUT2D eigenvalue weighted by Gasteiger charge is -2.08. The molecule has 152 valence electrons. The lowest BCUT2D eigenvalue weighted by atomic mass is 10.3. The van der Waals surface area contributed by atoms with Gasteiger partial charge in [0.15, 0.2) is 5.82 Å². The van der Waals surface area contributed by atoms with Crippen LogP contribution in [0.2, 0.25) is 5.02 Å². The van der Waals surface area contributed by atoms with Crippen LogP contribution in [0.1, 0.15) is 5.82 Å². The summed E-state index contributed by atoms with van der Waals surface area (Å²) in [6, 6.07) is 12.4. The Labute approximate surface area is 184 Å². The van der Waals surface area contributed by atoms with Gasteiger partial charge < -0.3 is 20.6 Å². The number of aromatic nitrogens is 3. The fraction of sp³-hybridized carbons (Fsp3) is 0.167. The van der Waals surface area contributed by atoms with Crippen LogP contribution in [-0.4, -0.2) is 33.6 Å². The van der Waals surface area contributed by atoms with Crippen molar-refractivity contribution in [3.63, 3.8) is 0 Å². The maximum Gasteiger partial charge on any atom is 0.234 e. The molecule has 8 nitrogen and oxygen atoms in total. The molecule has 1 heterocycles. The number of benzene rings is 2. The number of carbonyl (C=O) groups excluding carboxylic acids is 1. The summed E-state index contributed by atoms with van der Waals surface area (Å²) in [7, 11) is 1.58. The van der Waals surface area contributed by atoms with Crippen molar-refractivity contribution in [2.24, 2.45) is 0 Å². The Morgan fingerprint density at radius 3 is 2.83 bits per heavy atom. The van der Waals surface area contributed by atoms with Crippen molar-refractivity contribution in [2.75, 3.05) is 24.0 Å². The van der Waals surface area contributed by atoms with Gasteiger partial charge in [0.25, 0.3) is 0 Å². The third kappa shape index (κ3) is 5.78. The fourth-order valence-electron chi connectivity index (χ4n) is 2.25. The maximum atomic E-state index is 12.2. The third-order valence-electron chi connectivity index (χ3n) is 3.68. The van der Waals surface area contributed by atoms with Crippen LogP contribution < -0.4 is 20.6 Å². The van der Waals surface area contributed by atoms with Crippen molar-refractivity contribution >= 4 is 50.9 Å². The quantitative estimate of drug-likeness (QED) is 0.360. The zero-order valence-corrected chi connectivity index (χ0v) is 18.4. The van der Waals surface area contributed by atoms with Crippen LogP contribution >= 0.6 is 39.3 Å². The number of halogens is 2. The summed E-state index contributed by atoms with van der Waals surface area (Å²) in [4.78, 5) is 12.2. The minimum Gasteiger partial charge on any atom is -0.497 e. The molecule has 3 N–H and O–H groups in total. The highest BCUT2D eigenvalue weighted by Crippen LogP contribution is 2.26. The van der Waals surface area contributed by atoms with Gasteiger partial charge in [-0.05, 0) is 30.3 Å². The second kappa shape index (κ2) is 9.86. The molecule has 0 aliphatic carbocycles. The van der Waals surface area contributed by atoms with Gasteiger partial charge >= 0.3 is 0 Å². The highest BCUT2D eigenvalue weighted by atomic mass is 79.9. The van der Waals surface area contributed by atoms with E-state index in [-0.39, 0.29) is 18.3 Å². The SMILES string of the molecule is COc1cccc(OCc2nnc(SCC(=O)Nc3ccc(Br)cc3Cl)n2N)c1. The number of rotatable bonds is 8. The molecule has 3 rings (SSSR count). The maximum absolute atomic E-state index is 12.2. The number of nitrogens with one attached hydrogen (secondary N) is 1. The summed E-state index contributed by atoms with van der Waals surface area (Å²) in [5.41, 5.74) is 0.530. The number of hydrogen-bond acceptors (Lipinski definition) is 7. The minimum absolute atomic E-state index is 0.0957. The van der Waals surface area contributed by atoms with E-state index in [1.807, 2.05) is 12.1 Å². The predicted molar refractivity (Wildman–Crippen MR) is 116 cm³/mol. The lowest BCUT2D eigenvalue weighted by Crippen LogP contribution is -2.18. The molecule has 1 amide bonds. The van der Waals surface area contributed by atoms with Crippen LogP contribution in [0.4, 0.5) is 5.69 Å². The van der Waals surface area contributed by atoms with E-state index in [1.165, 1.54) is 4.68 Å².